The largest absolute Gasteiger partial charge is 0.496 e. The van der Waals surface area contributed by atoms with Crippen molar-refractivity contribution in [2.75, 3.05) is 13.4 Å². The Hall–Kier alpha value is -2.67. The molecular weight excluding hydrogens is 334 g/mol. The number of hydrogen-bond donors (Lipinski definition) is 0. The zero-order valence-electron chi connectivity index (χ0n) is 14.4. The van der Waals surface area contributed by atoms with E-state index in [9.17, 15) is 0 Å². The van der Waals surface area contributed by atoms with Crippen LogP contribution in [-0.4, -0.2) is 37.9 Å². The first-order valence-corrected chi connectivity index (χ1v) is 9.04. The van der Waals surface area contributed by atoms with Gasteiger partial charge in [0.05, 0.1) is 7.11 Å². The van der Waals surface area contributed by atoms with Gasteiger partial charge in [0.25, 0.3) is 0 Å². The number of benzene rings is 1. The summed E-state index contributed by atoms with van der Waals surface area (Å²) >= 11 is 1.51. The van der Waals surface area contributed by atoms with E-state index in [1.807, 2.05) is 22.9 Å². The molecule has 1 aromatic carbocycles. The smallest absolute Gasteiger partial charge is 0.189 e. The molecule has 0 aliphatic heterocycles. The van der Waals surface area contributed by atoms with E-state index in [2.05, 4.69) is 46.1 Å². The van der Waals surface area contributed by atoms with Crippen molar-refractivity contribution in [2.24, 2.45) is 0 Å². The highest BCUT2D eigenvalue weighted by molar-refractivity contribution is 7.98. The molecule has 0 amide bonds. The number of pyridine rings is 1. The Balaban J connectivity index is 2.11. The van der Waals surface area contributed by atoms with Gasteiger partial charge < -0.3 is 4.74 Å². The van der Waals surface area contributed by atoms with Crippen LogP contribution in [0.2, 0.25) is 0 Å². The van der Waals surface area contributed by atoms with Crippen LogP contribution < -0.4 is 4.74 Å². The molecule has 0 spiro atoms. The molecule has 4 rings (SSSR count). The molecule has 0 fully saturated rings. The lowest BCUT2D eigenvalue weighted by atomic mass is 9.95. The molecule has 0 atom stereocenters. The molecule has 0 aliphatic carbocycles. The second kappa shape index (κ2) is 6.00. The number of aromatic nitrogens is 5. The number of hydrogen-bond acceptors (Lipinski definition) is 6. The highest BCUT2D eigenvalue weighted by atomic mass is 32.2. The minimum atomic E-state index is 0.726. The molecule has 0 bridgehead atoms. The third-order valence-electron chi connectivity index (χ3n) is 4.39. The van der Waals surface area contributed by atoms with E-state index in [4.69, 9.17) is 4.74 Å². The van der Waals surface area contributed by atoms with E-state index in [1.165, 1.54) is 11.8 Å². The molecule has 3 heterocycles. The second-order valence-electron chi connectivity index (χ2n) is 5.80. The van der Waals surface area contributed by atoms with Crippen LogP contribution in [0.25, 0.3) is 27.8 Å². The lowest BCUT2D eigenvalue weighted by Crippen LogP contribution is -1.99. The van der Waals surface area contributed by atoms with Gasteiger partial charge in [-0.15, -0.1) is 10.2 Å². The van der Waals surface area contributed by atoms with Gasteiger partial charge in [0.15, 0.2) is 16.5 Å². The predicted octanol–water partition coefficient (Wildman–Crippen LogP) is 3.69. The van der Waals surface area contributed by atoms with E-state index in [-0.39, 0.29) is 0 Å². The summed E-state index contributed by atoms with van der Waals surface area (Å²) in [4.78, 5) is 9.02. The Bertz CT molecular complexity index is 1110. The molecule has 6 nitrogen and oxygen atoms in total. The quantitative estimate of drug-likeness (QED) is 0.414. The molecule has 0 radical (unpaired) electrons. The van der Waals surface area contributed by atoms with Crippen molar-refractivity contribution in [3.63, 3.8) is 0 Å². The Kier molecular flexibility index (Phi) is 3.80. The van der Waals surface area contributed by atoms with Gasteiger partial charge in [-0.3, -0.25) is 4.40 Å². The van der Waals surface area contributed by atoms with Crippen molar-refractivity contribution >= 4 is 28.4 Å². The van der Waals surface area contributed by atoms with Crippen molar-refractivity contribution < 1.29 is 4.74 Å². The van der Waals surface area contributed by atoms with Crippen molar-refractivity contribution in [1.82, 2.24) is 24.6 Å². The van der Waals surface area contributed by atoms with Crippen LogP contribution in [0.3, 0.4) is 0 Å². The summed E-state index contributed by atoms with van der Waals surface area (Å²) in [6.45, 7) is 4.15. The maximum atomic E-state index is 5.50. The van der Waals surface area contributed by atoms with Crippen molar-refractivity contribution in [3.8, 4) is 16.9 Å². The Morgan fingerprint density at radius 1 is 1.16 bits per heavy atom. The first-order valence-electron chi connectivity index (χ1n) is 7.82. The number of methoxy groups -OCH3 is 1. The number of fused-ring (bicyclic) bond motifs is 3. The van der Waals surface area contributed by atoms with Crippen LogP contribution in [0.15, 0.2) is 35.9 Å². The second-order valence-corrected chi connectivity index (χ2v) is 6.58. The molecule has 0 saturated heterocycles. The first kappa shape index (κ1) is 15.8. The predicted molar refractivity (Wildman–Crippen MR) is 99.3 cm³/mol. The van der Waals surface area contributed by atoms with Gasteiger partial charge in [0, 0.05) is 17.1 Å². The van der Waals surface area contributed by atoms with Gasteiger partial charge in [-0.25, -0.2) is 9.97 Å². The Morgan fingerprint density at radius 2 is 2.00 bits per heavy atom. The van der Waals surface area contributed by atoms with Crippen molar-refractivity contribution in [1.29, 1.82) is 0 Å². The van der Waals surface area contributed by atoms with Gasteiger partial charge in [0.1, 0.15) is 12.1 Å². The van der Waals surface area contributed by atoms with Gasteiger partial charge in [-0.05, 0) is 48.9 Å². The van der Waals surface area contributed by atoms with E-state index in [1.54, 1.807) is 13.4 Å². The lowest BCUT2D eigenvalue weighted by Gasteiger charge is -2.15. The van der Waals surface area contributed by atoms with E-state index >= 15 is 0 Å². The third kappa shape index (κ3) is 2.42. The summed E-state index contributed by atoms with van der Waals surface area (Å²) in [6, 6.07) is 6.13. The summed E-state index contributed by atoms with van der Waals surface area (Å²) in [5, 5.41) is 10.1. The summed E-state index contributed by atoms with van der Waals surface area (Å²) in [5.74, 6) is 0.854. The molecule has 0 aliphatic rings. The number of nitrogens with zero attached hydrogens (tertiary/aromatic N) is 5. The third-order valence-corrected chi connectivity index (χ3v) is 4.95. The molecular formula is C18H17N5OS. The summed E-state index contributed by atoms with van der Waals surface area (Å²) in [6.07, 6.45) is 5.51. The van der Waals surface area contributed by atoms with Crippen molar-refractivity contribution in [2.45, 2.75) is 19.0 Å². The molecule has 0 saturated carbocycles. The highest BCUT2D eigenvalue weighted by Crippen LogP contribution is 2.36. The average Bonchev–Trinajstić information content (AvgIpc) is 3.12. The van der Waals surface area contributed by atoms with Gasteiger partial charge in [0.2, 0.25) is 0 Å². The summed E-state index contributed by atoms with van der Waals surface area (Å²) < 4.78 is 7.42. The fourth-order valence-corrected chi connectivity index (χ4v) is 3.54. The number of aryl methyl sites for hydroxylation is 1. The first-order chi connectivity index (χ1) is 12.1. The highest BCUT2D eigenvalue weighted by Gasteiger charge is 2.17. The topological polar surface area (TPSA) is 65.2 Å². The van der Waals surface area contributed by atoms with E-state index in [0.29, 0.717) is 0 Å². The summed E-state index contributed by atoms with van der Waals surface area (Å²) in [7, 11) is 1.69. The minimum Gasteiger partial charge on any atom is -0.496 e. The SMILES string of the molecule is COc1ccc(C)c(-c2cc3cnc(SC)nc3n3cnnc23)c1C. The molecule has 7 heteroatoms. The average molecular weight is 351 g/mol. The van der Waals surface area contributed by atoms with Crippen LogP contribution in [0, 0.1) is 13.8 Å². The molecule has 0 unspecified atom stereocenters. The van der Waals surface area contributed by atoms with Gasteiger partial charge in [-0.1, -0.05) is 17.8 Å². The molecule has 4 aromatic rings. The monoisotopic (exact) mass is 351 g/mol. The fraction of sp³-hybridized carbons (Fsp3) is 0.222. The minimum absolute atomic E-state index is 0.726. The van der Waals surface area contributed by atoms with Crippen LogP contribution in [0.5, 0.6) is 5.75 Å². The Morgan fingerprint density at radius 3 is 2.76 bits per heavy atom. The standard InChI is InChI=1S/C18H17N5OS/c1-10-5-6-14(24-3)11(2)15(10)13-7-12-8-19-18(25-4)21-16(12)23-9-20-22-17(13)23/h5-9H,1-4H3. The van der Waals surface area contributed by atoms with Crippen LogP contribution in [0.4, 0.5) is 0 Å². The number of rotatable bonds is 3. The van der Waals surface area contributed by atoms with Crippen molar-refractivity contribution in [3.05, 3.63) is 41.9 Å². The maximum Gasteiger partial charge on any atom is 0.189 e. The number of ether oxygens (including phenoxy) is 1. The van der Waals surface area contributed by atoms with Gasteiger partial charge in [-0.2, -0.15) is 0 Å². The Labute approximate surface area is 149 Å². The number of thioether (sulfide) groups is 1. The van der Waals surface area contributed by atoms with Crippen LogP contribution in [-0.2, 0) is 0 Å². The fourth-order valence-electron chi connectivity index (χ4n) is 3.20. The molecule has 126 valence electrons. The maximum absolute atomic E-state index is 5.50. The normalized spacial score (nSPS) is 11.4. The van der Waals surface area contributed by atoms with E-state index in [0.717, 1.165) is 49.8 Å². The zero-order chi connectivity index (χ0) is 17.6. The van der Waals surface area contributed by atoms with E-state index < -0.39 is 0 Å². The summed E-state index contributed by atoms with van der Waals surface area (Å²) in [5.41, 5.74) is 5.92. The molecule has 0 N–H and O–H groups in total. The lowest BCUT2D eigenvalue weighted by molar-refractivity contribution is 0.412. The zero-order valence-corrected chi connectivity index (χ0v) is 15.3. The van der Waals surface area contributed by atoms with Crippen LogP contribution in [0.1, 0.15) is 11.1 Å². The molecule has 3 aromatic heterocycles. The van der Waals surface area contributed by atoms with Crippen LogP contribution >= 0.6 is 11.8 Å². The van der Waals surface area contributed by atoms with Gasteiger partial charge >= 0.3 is 0 Å². The molecule has 25 heavy (non-hydrogen) atoms.